The SMILES string of the molecule is CC(C(=O)Nc1ccc(C(N)=O)cc1)N1CCN(C(=O)c2cc(Cl)ccc2F)CC1. The Morgan fingerprint density at radius 1 is 1.07 bits per heavy atom. The van der Waals surface area contributed by atoms with Gasteiger partial charge in [-0.3, -0.25) is 19.3 Å². The predicted molar refractivity (Wildman–Crippen MR) is 112 cm³/mol. The van der Waals surface area contributed by atoms with Crippen LogP contribution >= 0.6 is 11.6 Å². The standard InChI is InChI=1S/C21H22ClFN4O3/c1-13(20(29)25-16-5-2-14(3-6-16)19(24)28)26-8-10-27(11-9-26)21(30)17-12-15(22)4-7-18(17)23/h2-7,12-13H,8-11H2,1H3,(H2,24,28)(H,25,29). The minimum atomic E-state index is -0.609. The molecule has 1 saturated heterocycles. The van der Waals surface area contributed by atoms with Gasteiger partial charge < -0.3 is 16.0 Å². The fourth-order valence-electron chi connectivity index (χ4n) is 3.27. The highest BCUT2D eigenvalue weighted by atomic mass is 35.5. The second-order valence-corrected chi connectivity index (χ2v) is 7.50. The zero-order valence-electron chi connectivity index (χ0n) is 16.4. The maximum absolute atomic E-state index is 14.0. The molecule has 0 spiro atoms. The van der Waals surface area contributed by atoms with E-state index in [1.165, 1.54) is 18.2 Å². The third-order valence-electron chi connectivity index (χ3n) is 5.12. The van der Waals surface area contributed by atoms with E-state index in [1.54, 1.807) is 36.1 Å². The molecule has 3 N–H and O–H groups in total. The van der Waals surface area contributed by atoms with Gasteiger partial charge in [0, 0.05) is 42.5 Å². The molecule has 0 radical (unpaired) electrons. The summed E-state index contributed by atoms with van der Waals surface area (Å²) >= 11 is 5.88. The Kier molecular flexibility index (Phi) is 6.69. The normalized spacial score (nSPS) is 15.5. The van der Waals surface area contributed by atoms with Gasteiger partial charge in [-0.2, -0.15) is 0 Å². The lowest BCUT2D eigenvalue weighted by Gasteiger charge is -2.37. The topological polar surface area (TPSA) is 95.7 Å². The number of nitrogens with one attached hydrogen (secondary N) is 1. The van der Waals surface area contributed by atoms with Gasteiger partial charge in [0.15, 0.2) is 0 Å². The Bertz CT molecular complexity index is 959. The Balaban J connectivity index is 1.56. The first-order valence-corrected chi connectivity index (χ1v) is 9.83. The number of nitrogens with two attached hydrogens (primary N) is 1. The number of benzene rings is 2. The number of rotatable bonds is 5. The third kappa shape index (κ3) is 4.95. The number of hydrogen-bond donors (Lipinski definition) is 2. The van der Waals surface area contributed by atoms with Gasteiger partial charge in [-0.1, -0.05) is 11.6 Å². The maximum atomic E-state index is 14.0. The number of amides is 3. The third-order valence-corrected chi connectivity index (χ3v) is 5.36. The molecule has 1 heterocycles. The Hall–Kier alpha value is -2.97. The van der Waals surface area contributed by atoms with Crippen LogP contribution in [0.5, 0.6) is 0 Å². The molecule has 7 nitrogen and oxygen atoms in total. The minimum absolute atomic E-state index is 0.0545. The van der Waals surface area contributed by atoms with Crippen LogP contribution in [0.1, 0.15) is 27.6 Å². The number of primary amides is 1. The molecule has 0 aliphatic carbocycles. The van der Waals surface area contributed by atoms with Crippen molar-refractivity contribution in [1.29, 1.82) is 0 Å². The van der Waals surface area contributed by atoms with Gasteiger partial charge in [-0.25, -0.2) is 4.39 Å². The van der Waals surface area contributed by atoms with Crippen molar-refractivity contribution in [2.45, 2.75) is 13.0 Å². The largest absolute Gasteiger partial charge is 0.366 e. The summed E-state index contributed by atoms with van der Waals surface area (Å²) in [6.45, 7) is 3.47. The van der Waals surface area contributed by atoms with Crippen LogP contribution in [0.2, 0.25) is 5.02 Å². The lowest BCUT2D eigenvalue weighted by atomic mass is 10.1. The van der Waals surface area contributed by atoms with Crippen molar-refractivity contribution in [3.8, 4) is 0 Å². The molecule has 1 unspecified atom stereocenters. The molecule has 0 bridgehead atoms. The molecule has 1 fully saturated rings. The highest BCUT2D eigenvalue weighted by Gasteiger charge is 2.29. The number of anilines is 1. The van der Waals surface area contributed by atoms with E-state index in [0.29, 0.717) is 42.5 Å². The van der Waals surface area contributed by atoms with Crippen LogP contribution in [-0.2, 0) is 4.79 Å². The number of carbonyl (C=O) groups is 3. The number of nitrogens with zero attached hydrogens (tertiary/aromatic N) is 2. The Morgan fingerprint density at radius 2 is 1.70 bits per heavy atom. The Labute approximate surface area is 178 Å². The zero-order chi connectivity index (χ0) is 21.8. The fourth-order valence-corrected chi connectivity index (χ4v) is 3.45. The van der Waals surface area contributed by atoms with E-state index in [9.17, 15) is 18.8 Å². The van der Waals surface area contributed by atoms with Crippen LogP contribution in [0.25, 0.3) is 0 Å². The van der Waals surface area contributed by atoms with Gasteiger partial charge in [0.05, 0.1) is 11.6 Å². The number of hydrogen-bond acceptors (Lipinski definition) is 4. The molecule has 30 heavy (non-hydrogen) atoms. The second-order valence-electron chi connectivity index (χ2n) is 7.06. The van der Waals surface area contributed by atoms with Gasteiger partial charge in [-0.05, 0) is 49.4 Å². The van der Waals surface area contributed by atoms with Gasteiger partial charge in [0.1, 0.15) is 5.82 Å². The van der Waals surface area contributed by atoms with Crippen LogP contribution < -0.4 is 11.1 Å². The maximum Gasteiger partial charge on any atom is 0.256 e. The molecule has 2 aromatic rings. The average Bonchev–Trinajstić information content (AvgIpc) is 2.75. The van der Waals surface area contributed by atoms with E-state index in [1.807, 2.05) is 4.90 Å². The van der Waals surface area contributed by atoms with Crippen molar-refractivity contribution in [3.05, 3.63) is 64.4 Å². The molecule has 1 aliphatic rings. The zero-order valence-corrected chi connectivity index (χ0v) is 17.2. The van der Waals surface area contributed by atoms with E-state index >= 15 is 0 Å². The summed E-state index contributed by atoms with van der Waals surface area (Å²) in [7, 11) is 0. The molecular weight excluding hydrogens is 411 g/mol. The summed E-state index contributed by atoms with van der Waals surface area (Å²) in [5, 5.41) is 3.10. The minimum Gasteiger partial charge on any atom is -0.366 e. The van der Waals surface area contributed by atoms with E-state index in [2.05, 4.69) is 5.32 Å². The monoisotopic (exact) mass is 432 g/mol. The van der Waals surface area contributed by atoms with Crippen molar-refractivity contribution < 1.29 is 18.8 Å². The van der Waals surface area contributed by atoms with Crippen LogP contribution in [0.3, 0.4) is 0 Å². The van der Waals surface area contributed by atoms with Crippen LogP contribution in [0.4, 0.5) is 10.1 Å². The fraction of sp³-hybridized carbons (Fsp3) is 0.286. The summed E-state index contributed by atoms with van der Waals surface area (Å²) in [5.41, 5.74) is 6.07. The van der Waals surface area contributed by atoms with Gasteiger partial charge in [0.2, 0.25) is 11.8 Å². The first kappa shape index (κ1) is 21.7. The molecule has 0 aromatic heterocycles. The molecule has 1 atom stereocenters. The van der Waals surface area contributed by atoms with Crippen molar-refractivity contribution in [3.63, 3.8) is 0 Å². The van der Waals surface area contributed by atoms with E-state index in [-0.39, 0.29) is 11.5 Å². The van der Waals surface area contributed by atoms with E-state index in [4.69, 9.17) is 17.3 Å². The molecular formula is C21H22ClFN4O3. The highest BCUT2D eigenvalue weighted by molar-refractivity contribution is 6.31. The first-order chi connectivity index (χ1) is 14.3. The van der Waals surface area contributed by atoms with E-state index in [0.717, 1.165) is 0 Å². The average molecular weight is 433 g/mol. The number of carbonyl (C=O) groups excluding carboxylic acids is 3. The molecule has 0 saturated carbocycles. The van der Waals surface area contributed by atoms with Crippen molar-refractivity contribution in [1.82, 2.24) is 9.80 Å². The van der Waals surface area contributed by atoms with Crippen molar-refractivity contribution in [2.24, 2.45) is 5.73 Å². The summed E-state index contributed by atoms with van der Waals surface area (Å²) < 4.78 is 14.0. The second kappa shape index (κ2) is 9.23. The molecule has 3 amide bonds. The molecule has 9 heteroatoms. The van der Waals surface area contributed by atoms with Crippen LogP contribution in [0.15, 0.2) is 42.5 Å². The molecule has 1 aliphatic heterocycles. The molecule has 2 aromatic carbocycles. The summed E-state index contributed by atoms with van der Waals surface area (Å²) in [6.07, 6.45) is 0. The highest BCUT2D eigenvalue weighted by Crippen LogP contribution is 2.18. The summed E-state index contributed by atoms with van der Waals surface area (Å²) in [6, 6.07) is 9.78. The van der Waals surface area contributed by atoms with Crippen LogP contribution in [0, 0.1) is 5.82 Å². The van der Waals surface area contributed by atoms with Crippen LogP contribution in [-0.4, -0.2) is 59.7 Å². The lowest BCUT2D eigenvalue weighted by molar-refractivity contribution is -0.121. The van der Waals surface area contributed by atoms with Crippen molar-refractivity contribution in [2.75, 3.05) is 31.5 Å². The van der Waals surface area contributed by atoms with Gasteiger partial charge >= 0.3 is 0 Å². The first-order valence-electron chi connectivity index (χ1n) is 9.45. The molecule has 3 rings (SSSR count). The number of piperazine rings is 1. The van der Waals surface area contributed by atoms with Gasteiger partial charge in [-0.15, -0.1) is 0 Å². The quantitative estimate of drug-likeness (QED) is 0.758. The smallest absolute Gasteiger partial charge is 0.256 e. The van der Waals surface area contributed by atoms with Crippen molar-refractivity contribution >= 4 is 35.0 Å². The Morgan fingerprint density at radius 3 is 2.30 bits per heavy atom. The summed E-state index contributed by atoms with van der Waals surface area (Å²) in [4.78, 5) is 39.8. The van der Waals surface area contributed by atoms with E-state index < -0.39 is 23.7 Å². The number of halogens is 2. The molecule has 158 valence electrons. The summed E-state index contributed by atoms with van der Waals surface area (Å²) in [5.74, 6) is -1.77. The van der Waals surface area contributed by atoms with Gasteiger partial charge in [0.25, 0.3) is 5.91 Å². The lowest BCUT2D eigenvalue weighted by Crippen LogP contribution is -2.54. The predicted octanol–water partition coefficient (Wildman–Crippen LogP) is 2.36.